The van der Waals surface area contributed by atoms with E-state index in [2.05, 4.69) is 6.07 Å². The smallest absolute Gasteiger partial charge is 0.119 e. The van der Waals surface area contributed by atoms with Crippen LogP contribution in [0.4, 0.5) is 0 Å². The van der Waals surface area contributed by atoms with E-state index in [1.54, 1.807) is 7.11 Å². The highest BCUT2D eigenvalue weighted by molar-refractivity contribution is 5.32. The highest BCUT2D eigenvalue weighted by Crippen LogP contribution is 2.47. The Bertz CT molecular complexity index is 430. The number of aliphatic hydroxyl groups excluding tert-OH is 1. The van der Waals surface area contributed by atoms with Crippen molar-refractivity contribution in [1.29, 1.82) is 5.26 Å². The van der Waals surface area contributed by atoms with Gasteiger partial charge in [0.15, 0.2) is 0 Å². The minimum absolute atomic E-state index is 0.605. The second-order valence-electron chi connectivity index (χ2n) is 4.65. The first-order valence-corrected chi connectivity index (χ1v) is 5.95. The van der Waals surface area contributed by atoms with Crippen molar-refractivity contribution in [2.24, 2.45) is 5.41 Å². The van der Waals surface area contributed by atoms with E-state index in [9.17, 15) is 10.4 Å². The number of nitriles is 1. The number of hydrogen-bond donors (Lipinski definition) is 1. The zero-order valence-corrected chi connectivity index (χ0v) is 10.0. The van der Waals surface area contributed by atoms with Crippen molar-refractivity contribution in [1.82, 2.24) is 0 Å². The number of benzene rings is 1. The summed E-state index contributed by atoms with van der Waals surface area (Å²) in [6.07, 6.45) is 2.89. The van der Waals surface area contributed by atoms with Gasteiger partial charge in [-0.25, -0.2) is 0 Å². The topological polar surface area (TPSA) is 53.2 Å². The fourth-order valence-corrected chi connectivity index (χ4v) is 2.58. The Balaban J connectivity index is 2.29. The molecule has 1 N–H and O–H groups in total. The van der Waals surface area contributed by atoms with E-state index < -0.39 is 11.5 Å². The van der Waals surface area contributed by atoms with Crippen LogP contribution in [-0.4, -0.2) is 12.2 Å². The van der Waals surface area contributed by atoms with Gasteiger partial charge in [-0.1, -0.05) is 25.0 Å². The average Bonchev–Trinajstić information content (AvgIpc) is 2.88. The Hall–Kier alpha value is -1.53. The molecule has 90 valence electrons. The lowest BCUT2D eigenvalue weighted by Crippen LogP contribution is -2.23. The van der Waals surface area contributed by atoms with Crippen LogP contribution in [0.15, 0.2) is 24.3 Å². The molecule has 1 unspecified atom stereocenters. The number of nitrogens with zero attached hydrogens (tertiary/aromatic N) is 1. The third kappa shape index (κ3) is 2.13. The summed E-state index contributed by atoms with van der Waals surface area (Å²) in [7, 11) is 1.60. The SMILES string of the molecule is COc1cccc(C(O)C2(C#N)CCCC2)c1. The van der Waals surface area contributed by atoms with Gasteiger partial charge < -0.3 is 9.84 Å². The van der Waals surface area contributed by atoms with Gasteiger partial charge in [0.2, 0.25) is 0 Å². The van der Waals surface area contributed by atoms with Gasteiger partial charge in [0.1, 0.15) is 5.75 Å². The summed E-state index contributed by atoms with van der Waals surface area (Å²) in [4.78, 5) is 0. The summed E-state index contributed by atoms with van der Waals surface area (Å²) in [5, 5.41) is 19.7. The van der Waals surface area contributed by atoms with Gasteiger partial charge in [0, 0.05) is 0 Å². The lowest BCUT2D eigenvalue weighted by atomic mass is 9.79. The van der Waals surface area contributed by atoms with Crippen molar-refractivity contribution in [3.63, 3.8) is 0 Å². The van der Waals surface area contributed by atoms with Crippen LogP contribution in [0.2, 0.25) is 0 Å². The predicted molar refractivity (Wildman–Crippen MR) is 64.5 cm³/mol. The van der Waals surface area contributed by atoms with Gasteiger partial charge in [-0.05, 0) is 30.5 Å². The van der Waals surface area contributed by atoms with E-state index in [0.717, 1.165) is 31.2 Å². The Kier molecular flexibility index (Phi) is 3.35. The molecule has 0 amide bonds. The molecule has 1 aliphatic rings. The molecule has 1 aliphatic carbocycles. The van der Waals surface area contributed by atoms with Gasteiger partial charge in [0.05, 0.1) is 24.7 Å². The molecule has 1 fully saturated rings. The van der Waals surface area contributed by atoms with Crippen molar-refractivity contribution in [3.8, 4) is 11.8 Å². The zero-order chi connectivity index (χ0) is 12.3. The molecular formula is C14H17NO2. The van der Waals surface area contributed by atoms with E-state index in [0.29, 0.717) is 5.75 Å². The Morgan fingerprint density at radius 2 is 2.12 bits per heavy atom. The molecule has 2 rings (SSSR count). The number of aliphatic hydroxyl groups is 1. The summed E-state index contributed by atoms with van der Waals surface area (Å²) in [6, 6.07) is 9.66. The van der Waals surface area contributed by atoms with Crippen molar-refractivity contribution in [3.05, 3.63) is 29.8 Å². The number of hydrogen-bond acceptors (Lipinski definition) is 3. The molecule has 3 nitrogen and oxygen atoms in total. The molecule has 0 bridgehead atoms. The molecular weight excluding hydrogens is 214 g/mol. The van der Waals surface area contributed by atoms with E-state index in [1.165, 1.54) is 0 Å². The molecule has 0 saturated heterocycles. The first kappa shape index (κ1) is 11.9. The minimum atomic E-state index is -0.718. The van der Waals surface area contributed by atoms with Gasteiger partial charge in [-0.15, -0.1) is 0 Å². The Morgan fingerprint density at radius 1 is 1.41 bits per heavy atom. The summed E-state index contributed by atoms with van der Waals surface area (Å²) < 4.78 is 5.14. The lowest BCUT2D eigenvalue weighted by molar-refractivity contribution is 0.0669. The highest BCUT2D eigenvalue weighted by atomic mass is 16.5. The standard InChI is InChI=1S/C14H17NO2/c1-17-12-6-4-5-11(9-12)13(16)14(10-15)7-2-3-8-14/h4-6,9,13,16H,2-3,7-8H2,1H3. The Labute approximate surface area is 102 Å². The third-order valence-corrected chi connectivity index (χ3v) is 3.65. The maximum Gasteiger partial charge on any atom is 0.119 e. The maximum absolute atomic E-state index is 10.4. The monoisotopic (exact) mass is 231 g/mol. The normalized spacial score (nSPS) is 19.6. The number of ether oxygens (including phenoxy) is 1. The van der Waals surface area contributed by atoms with E-state index in [1.807, 2.05) is 24.3 Å². The Morgan fingerprint density at radius 3 is 2.71 bits per heavy atom. The zero-order valence-electron chi connectivity index (χ0n) is 10.0. The molecule has 0 heterocycles. The fourth-order valence-electron chi connectivity index (χ4n) is 2.58. The number of rotatable bonds is 3. The van der Waals surface area contributed by atoms with Crippen LogP contribution in [0.1, 0.15) is 37.4 Å². The molecule has 3 heteroatoms. The van der Waals surface area contributed by atoms with Crippen LogP contribution in [0.25, 0.3) is 0 Å². The van der Waals surface area contributed by atoms with Gasteiger partial charge in [-0.3, -0.25) is 0 Å². The van der Waals surface area contributed by atoms with E-state index >= 15 is 0 Å². The van der Waals surface area contributed by atoms with Crippen molar-refractivity contribution < 1.29 is 9.84 Å². The molecule has 0 aliphatic heterocycles. The van der Waals surface area contributed by atoms with Crippen LogP contribution in [0, 0.1) is 16.7 Å². The molecule has 1 aromatic rings. The van der Waals surface area contributed by atoms with Crippen LogP contribution in [0.5, 0.6) is 5.75 Å². The second-order valence-corrected chi connectivity index (χ2v) is 4.65. The maximum atomic E-state index is 10.4. The van der Waals surface area contributed by atoms with E-state index in [-0.39, 0.29) is 0 Å². The number of methoxy groups -OCH3 is 1. The average molecular weight is 231 g/mol. The summed E-state index contributed by atoms with van der Waals surface area (Å²) in [6.45, 7) is 0. The minimum Gasteiger partial charge on any atom is -0.497 e. The molecule has 0 aromatic heterocycles. The van der Waals surface area contributed by atoms with Crippen molar-refractivity contribution >= 4 is 0 Å². The van der Waals surface area contributed by atoms with Crippen LogP contribution < -0.4 is 4.74 Å². The summed E-state index contributed by atoms with van der Waals surface area (Å²) >= 11 is 0. The molecule has 1 atom stereocenters. The van der Waals surface area contributed by atoms with E-state index in [4.69, 9.17) is 4.74 Å². The predicted octanol–water partition coefficient (Wildman–Crippen LogP) is 2.81. The van der Waals surface area contributed by atoms with Crippen LogP contribution >= 0.6 is 0 Å². The molecule has 17 heavy (non-hydrogen) atoms. The van der Waals surface area contributed by atoms with Crippen LogP contribution in [-0.2, 0) is 0 Å². The molecule has 1 saturated carbocycles. The highest BCUT2D eigenvalue weighted by Gasteiger charge is 2.41. The largest absolute Gasteiger partial charge is 0.497 e. The fraction of sp³-hybridized carbons (Fsp3) is 0.500. The van der Waals surface area contributed by atoms with Gasteiger partial charge in [0.25, 0.3) is 0 Å². The van der Waals surface area contributed by atoms with Crippen molar-refractivity contribution in [2.75, 3.05) is 7.11 Å². The first-order chi connectivity index (χ1) is 8.22. The molecule has 0 radical (unpaired) electrons. The lowest BCUT2D eigenvalue weighted by Gasteiger charge is -2.27. The van der Waals surface area contributed by atoms with Crippen molar-refractivity contribution in [2.45, 2.75) is 31.8 Å². The molecule has 0 spiro atoms. The summed E-state index contributed by atoms with van der Waals surface area (Å²) in [5.74, 6) is 0.715. The van der Waals surface area contributed by atoms with Gasteiger partial charge in [-0.2, -0.15) is 5.26 Å². The second kappa shape index (κ2) is 4.77. The third-order valence-electron chi connectivity index (χ3n) is 3.65. The summed E-state index contributed by atoms with van der Waals surface area (Å²) in [5.41, 5.74) is 0.166. The van der Waals surface area contributed by atoms with Gasteiger partial charge >= 0.3 is 0 Å². The quantitative estimate of drug-likeness (QED) is 0.870. The first-order valence-electron chi connectivity index (χ1n) is 5.95. The molecule has 1 aromatic carbocycles. The van der Waals surface area contributed by atoms with Crippen LogP contribution in [0.3, 0.4) is 0 Å².